The lowest BCUT2D eigenvalue weighted by atomic mass is 10.2. The second kappa shape index (κ2) is 8.22. The number of sulfonamides is 1. The molecule has 0 saturated carbocycles. The molecule has 0 radical (unpaired) electrons. The predicted octanol–water partition coefficient (Wildman–Crippen LogP) is 3.86. The van der Waals surface area contributed by atoms with Crippen LogP contribution in [0.5, 0.6) is 0 Å². The average Bonchev–Trinajstić information content (AvgIpc) is 2.68. The predicted molar refractivity (Wildman–Crippen MR) is 106 cm³/mol. The maximum atomic E-state index is 13.2. The Labute approximate surface area is 163 Å². The van der Waals surface area contributed by atoms with Crippen molar-refractivity contribution in [2.24, 2.45) is 0 Å². The van der Waals surface area contributed by atoms with E-state index >= 15 is 0 Å². The van der Waals surface area contributed by atoms with Crippen LogP contribution < -0.4 is 10.0 Å². The first-order valence-electron chi connectivity index (χ1n) is 8.56. The third-order valence-electron chi connectivity index (χ3n) is 4.05. The zero-order chi connectivity index (χ0) is 20.1. The van der Waals surface area contributed by atoms with E-state index in [1.807, 2.05) is 6.92 Å². The zero-order valence-corrected chi connectivity index (χ0v) is 16.0. The van der Waals surface area contributed by atoms with Crippen LogP contribution in [-0.4, -0.2) is 14.3 Å². The highest BCUT2D eigenvalue weighted by molar-refractivity contribution is 7.92. The van der Waals surface area contributed by atoms with Crippen LogP contribution in [0.15, 0.2) is 77.7 Å². The Bertz CT molecular complexity index is 1100. The van der Waals surface area contributed by atoms with Crippen LogP contribution >= 0.6 is 0 Å². The summed E-state index contributed by atoms with van der Waals surface area (Å²) in [5.41, 5.74) is 2.26. The molecule has 2 N–H and O–H groups in total. The van der Waals surface area contributed by atoms with E-state index in [1.54, 1.807) is 36.4 Å². The molecule has 0 heterocycles. The van der Waals surface area contributed by atoms with Gasteiger partial charge in [0.2, 0.25) is 0 Å². The van der Waals surface area contributed by atoms with E-state index in [2.05, 4.69) is 10.0 Å². The van der Waals surface area contributed by atoms with Gasteiger partial charge in [-0.05, 0) is 55.0 Å². The van der Waals surface area contributed by atoms with Gasteiger partial charge in [-0.2, -0.15) is 0 Å². The number of hydrogen-bond donors (Lipinski definition) is 2. The monoisotopic (exact) mass is 398 g/mol. The van der Waals surface area contributed by atoms with Crippen LogP contribution in [-0.2, 0) is 16.6 Å². The van der Waals surface area contributed by atoms with Crippen molar-refractivity contribution in [3.05, 3.63) is 95.3 Å². The van der Waals surface area contributed by atoms with Gasteiger partial charge in [0.15, 0.2) is 0 Å². The molecule has 144 valence electrons. The van der Waals surface area contributed by atoms with Crippen LogP contribution in [0, 0.1) is 12.7 Å². The third kappa shape index (κ3) is 4.95. The van der Waals surface area contributed by atoms with Gasteiger partial charge in [-0.15, -0.1) is 0 Å². The van der Waals surface area contributed by atoms with Crippen molar-refractivity contribution < 1.29 is 17.6 Å². The lowest BCUT2D eigenvalue weighted by molar-refractivity contribution is 0.0950. The van der Waals surface area contributed by atoms with Crippen molar-refractivity contribution in [2.75, 3.05) is 4.72 Å². The molecule has 7 heteroatoms. The van der Waals surface area contributed by atoms with E-state index in [1.165, 1.54) is 36.4 Å². The summed E-state index contributed by atoms with van der Waals surface area (Å²) in [5.74, 6) is -0.835. The Hall–Kier alpha value is -3.19. The van der Waals surface area contributed by atoms with Crippen molar-refractivity contribution >= 4 is 21.6 Å². The fraction of sp³-hybridized carbons (Fsp3) is 0.0952. The Kier molecular flexibility index (Phi) is 5.75. The van der Waals surface area contributed by atoms with Gasteiger partial charge < -0.3 is 5.32 Å². The van der Waals surface area contributed by atoms with Gasteiger partial charge in [-0.1, -0.05) is 35.9 Å². The molecule has 28 heavy (non-hydrogen) atoms. The van der Waals surface area contributed by atoms with Gasteiger partial charge in [-0.3, -0.25) is 9.52 Å². The summed E-state index contributed by atoms with van der Waals surface area (Å²) in [6, 6.07) is 18.6. The highest BCUT2D eigenvalue weighted by atomic mass is 32.2. The molecule has 0 bridgehead atoms. The molecular formula is C21H19FN2O3S. The maximum absolute atomic E-state index is 13.2. The number of carbonyl (C=O) groups excluding carboxylic acids is 1. The molecule has 0 aliphatic rings. The number of hydrogen-bond acceptors (Lipinski definition) is 3. The van der Waals surface area contributed by atoms with E-state index in [0.29, 0.717) is 11.3 Å². The van der Waals surface area contributed by atoms with Gasteiger partial charge >= 0.3 is 0 Å². The van der Waals surface area contributed by atoms with Crippen molar-refractivity contribution in [3.63, 3.8) is 0 Å². The standard InChI is InChI=1S/C21H19FN2O3S/c1-15-8-10-19(11-9-15)24-28(26,27)20-7-3-5-17(13-20)21(25)23-14-16-4-2-6-18(22)12-16/h2-13,24H,14H2,1H3,(H,23,25). The Morgan fingerprint density at radius 3 is 2.39 bits per heavy atom. The summed E-state index contributed by atoms with van der Waals surface area (Å²) in [7, 11) is -3.83. The molecule has 1 amide bonds. The topological polar surface area (TPSA) is 75.3 Å². The van der Waals surface area contributed by atoms with Gasteiger partial charge in [0.25, 0.3) is 15.9 Å². The SMILES string of the molecule is Cc1ccc(NS(=O)(=O)c2cccc(C(=O)NCc3cccc(F)c3)c2)cc1. The summed E-state index contributed by atoms with van der Waals surface area (Å²) < 4.78 is 40.9. The number of aryl methyl sites for hydroxylation is 1. The number of carbonyl (C=O) groups is 1. The van der Waals surface area contributed by atoms with Gasteiger partial charge in [0, 0.05) is 17.8 Å². The van der Waals surface area contributed by atoms with E-state index in [-0.39, 0.29) is 22.8 Å². The normalized spacial score (nSPS) is 11.1. The number of amides is 1. The first-order chi connectivity index (χ1) is 13.3. The van der Waals surface area contributed by atoms with Crippen LogP contribution in [0.4, 0.5) is 10.1 Å². The fourth-order valence-electron chi connectivity index (χ4n) is 2.57. The van der Waals surface area contributed by atoms with E-state index in [9.17, 15) is 17.6 Å². The first-order valence-corrected chi connectivity index (χ1v) is 10.0. The number of benzene rings is 3. The maximum Gasteiger partial charge on any atom is 0.261 e. The van der Waals surface area contributed by atoms with Crippen LogP contribution in [0.2, 0.25) is 0 Å². The highest BCUT2D eigenvalue weighted by Crippen LogP contribution is 2.18. The molecule has 3 rings (SSSR count). The summed E-state index contributed by atoms with van der Waals surface area (Å²) in [5, 5.41) is 2.66. The van der Waals surface area contributed by atoms with Crippen LogP contribution in [0.3, 0.4) is 0 Å². The number of halogens is 1. The van der Waals surface area contributed by atoms with Gasteiger partial charge in [0.1, 0.15) is 5.82 Å². The molecule has 0 saturated heterocycles. The molecule has 0 atom stereocenters. The highest BCUT2D eigenvalue weighted by Gasteiger charge is 2.16. The summed E-state index contributed by atoms with van der Waals surface area (Å²) in [6.07, 6.45) is 0. The number of rotatable bonds is 6. The fourth-order valence-corrected chi connectivity index (χ4v) is 3.68. The summed E-state index contributed by atoms with van der Waals surface area (Å²) in [6.45, 7) is 2.04. The minimum Gasteiger partial charge on any atom is -0.348 e. The Balaban J connectivity index is 1.73. The molecule has 5 nitrogen and oxygen atoms in total. The molecule has 0 unspecified atom stereocenters. The van der Waals surface area contributed by atoms with Crippen molar-refractivity contribution in [3.8, 4) is 0 Å². The molecule has 0 aliphatic heterocycles. The third-order valence-corrected chi connectivity index (χ3v) is 5.43. The average molecular weight is 398 g/mol. The molecular weight excluding hydrogens is 379 g/mol. The number of nitrogens with one attached hydrogen (secondary N) is 2. The molecule has 3 aromatic carbocycles. The van der Waals surface area contributed by atoms with Crippen LogP contribution in [0.1, 0.15) is 21.5 Å². The number of anilines is 1. The molecule has 3 aromatic rings. The lowest BCUT2D eigenvalue weighted by Gasteiger charge is -2.10. The first kappa shape index (κ1) is 19.6. The summed E-state index contributed by atoms with van der Waals surface area (Å²) >= 11 is 0. The minimum atomic E-state index is -3.83. The zero-order valence-electron chi connectivity index (χ0n) is 15.1. The second-order valence-corrected chi connectivity index (χ2v) is 7.99. The van der Waals surface area contributed by atoms with Crippen molar-refractivity contribution in [1.82, 2.24) is 5.32 Å². The lowest BCUT2D eigenvalue weighted by Crippen LogP contribution is -2.23. The molecule has 0 aromatic heterocycles. The van der Waals surface area contributed by atoms with Gasteiger partial charge in [0.05, 0.1) is 4.90 Å². The minimum absolute atomic E-state index is 0.0218. The largest absolute Gasteiger partial charge is 0.348 e. The van der Waals surface area contributed by atoms with E-state index in [0.717, 1.165) is 5.56 Å². The Morgan fingerprint density at radius 2 is 1.68 bits per heavy atom. The van der Waals surface area contributed by atoms with E-state index < -0.39 is 15.9 Å². The smallest absolute Gasteiger partial charge is 0.261 e. The van der Waals surface area contributed by atoms with E-state index in [4.69, 9.17) is 0 Å². The van der Waals surface area contributed by atoms with Crippen molar-refractivity contribution in [1.29, 1.82) is 0 Å². The van der Waals surface area contributed by atoms with Crippen LogP contribution in [0.25, 0.3) is 0 Å². The Morgan fingerprint density at radius 1 is 0.964 bits per heavy atom. The molecule has 0 spiro atoms. The summed E-state index contributed by atoms with van der Waals surface area (Å²) in [4.78, 5) is 12.3. The van der Waals surface area contributed by atoms with Crippen molar-refractivity contribution in [2.45, 2.75) is 18.4 Å². The van der Waals surface area contributed by atoms with Gasteiger partial charge in [-0.25, -0.2) is 12.8 Å². The molecule has 0 fully saturated rings. The molecule has 0 aliphatic carbocycles. The quantitative estimate of drug-likeness (QED) is 0.662. The second-order valence-electron chi connectivity index (χ2n) is 6.31.